The van der Waals surface area contributed by atoms with E-state index in [1.807, 2.05) is 13.0 Å². The van der Waals surface area contributed by atoms with Crippen molar-refractivity contribution in [1.82, 2.24) is 14.5 Å². The molecule has 1 aromatic heterocycles. The summed E-state index contributed by atoms with van der Waals surface area (Å²) in [5, 5.41) is 0. The van der Waals surface area contributed by atoms with E-state index < -0.39 is 0 Å². The Morgan fingerprint density at radius 2 is 2.00 bits per heavy atom. The first-order valence-corrected chi connectivity index (χ1v) is 10.1. The van der Waals surface area contributed by atoms with Crippen molar-refractivity contribution in [2.24, 2.45) is 0 Å². The van der Waals surface area contributed by atoms with Gasteiger partial charge in [0, 0.05) is 38.1 Å². The van der Waals surface area contributed by atoms with Crippen LogP contribution in [0.4, 0.5) is 0 Å². The van der Waals surface area contributed by atoms with Gasteiger partial charge in [-0.25, -0.2) is 4.98 Å². The average molecular weight is 355 g/mol. The number of amides is 1. The molecule has 140 valence electrons. The number of para-hydroxylation sites is 2. The third-order valence-corrected chi connectivity index (χ3v) is 5.89. The van der Waals surface area contributed by atoms with Gasteiger partial charge in [-0.3, -0.25) is 4.79 Å². The third-order valence-electron chi connectivity index (χ3n) is 5.89. The Morgan fingerprint density at radius 1 is 1.19 bits per heavy atom. The molecule has 2 aliphatic rings. The van der Waals surface area contributed by atoms with Crippen LogP contribution in [0.25, 0.3) is 11.0 Å². The first-order chi connectivity index (χ1) is 12.8. The summed E-state index contributed by atoms with van der Waals surface area (Å²) in [4.78, 5) is 19.8. The number of nitrogens with zero attached hydrogens (tertiary/aromatic N) is 3. The number of imidazole rings is 1. The monoisotopic (exact) mass is 355 g/mol. The highest BCUT2D eigenvalue weighted by atomic mass is 16.5. The summed E-state index contributed by atoms with van der Waals surface area (Å²) >= 11 is 0. The van der Waals surface area contributed by atoms with E-state index in [-0.39, 0.29) is 5.92 Å². The van der Waals surface area contributed by atoms with Crippen molar-refractivity contribution >= 4 is 16.9 Å². The predicted octanol–water partition coefficient (Wildman–Crippen LogP) is 3.72. The van der Waals surface area contributed by atoms with Crippen LogP contribution in [0.15, 0.2) is 24.3 Å². The lowest BCUT2D eigenvalue weighted by Gasteiger charge is -2.31. The molecule has 2 fully saturated rings. The highest BCUT2D eigenvalue weighted by Crippen LogP contribution is 2.34. The van der Waals surface area contributed by atoms with Crippen LogP contribution in [-0.2, 0) is 16.1 Å². The maximum absolute atomic E-state index is 12.7. The highest BCUT2D eigenvalue weighted by Gasteiger charge is 2.37. The van der Waals surface area contributed by atoms with E-state index in [4.69, 9.17) is 9.72 Å². The zero-order valence-corrected chi connectivity index (χ0v) is 15.7. The SMILES string of the molecule is CCOCCn1c(C2CC(=O)N(C3CCCCC3)C2)nc2ccccc21. The summed E-state index contributed by atoms with van der Waals surface area (Å²) in [5.41, 5.74) is 2.16. The number of carbonyl (C=O) groups is 1. The molecule has 2 heterocycles. The maximum Gasteiger partial charge on any atom is 0.223 e. The van der Waals surface area contributed by atoms with Crippen molar-refractivity contribution in [3.63, 3.8) is 0 Å². The van der Waals surface area contributed by atoms with Crippen LogP contribution < -0.4 is 0 Å². The minimum absolute atomic E-state index is 0.193. The van der Waals surface area contributed by atoms with Crippen LogP contribution in [0.1, 0.15) is 57.2 Å². The summed E-state index contributed by atoms with van der Waals surface area (Å²) in [7, 11) is 0. The van der Waals surface area contributed by atoms with E-state index in [0.717, 1.165) is 36.6 Å². The molecule has 1 aliphatic carbocycles. The van der Waals surface area contributed by atoms with Crippen molar-refractivity contribution in [2.45, 2.75) is 64.0 Å². The molecule has 1 atom stereocenters. The lowest BCUT2D eigenvalue weighted by Crippen LogP contribution is -2.37. The number of ether oxygens (including phenoxy) is 1. The number of fused-ring (bicyclic) bond motifs is 1. The molecule has 0 spiro atoms. The van der Waals surface area contributed by atoms with Crippen LogP contribution in [0.3, 0.4) is 0 Å². The molecule has 1 amide bonds. The van der Waals surface area contributed by atoms with Crippen molar-refractivity contribution < 1.29 is 9.53 Å². The topological polar surface area (TPSA) is 47.4 Å². The minimum atomic E-state index is 0.193. The van der Waals surface area contributed by atoms with Crippen LogP contribution in [0.5, 0.6) is 0 Å². The third kappa shape index (κ3) is 3.37. The molecule has 1 aliphatic heterocycles. The molecule has 0 N–H and O–H groups in total. The van der Waals surface area contributed by atoms with E-state index >= 15 is 0 Å². The number of aromatic nitrogens is 2. The van der Waals surface area contributed by atoms with Gasteiger partial charge >= 0.3 is 0 Å². The summed E-state index contributed by atoms with van der Waals surface area (Å²) in [6, 6.07) is 8.71. The van der Waals surface area contributed by atoms with E-state index in [9.17, 15) is 4.79 Å². The van der Waals surface area contributed by atoms with Crippen molar-refractivity contribution in [1.29, 1.82) is 0 Å². The van der Waals surface area contributed by atoms with Crippen molar-refractivity contribution in [3.8, 4) is 0 Å². The lowest BCUT2D eigenvalue weighted by atomic mass is 9.94. The highest BCUT2D eigenvalue weighted by molar-refractivity contribution is 5.81. The number of carbonyl (C=O) groups excluding carboxylic acids is 1. The first-order valence-electron chi connectivity index (χ1n) is 10.1. The van der Waals surface area contributed by atoms with Gasteiger partial charge in [-0.1, -0.05) is 31.4 Å². The van der Waals surface area contributed by atoms with Gasteiger partial charge in [0.1, 0.15) is 5.82 Å². The Balaban J connectivity index is 1.59. The molecule has 1 aromatic carbocycles. The number of hydrogen-bond acceptors (Lipinski definition) is 3. The molecule has 2 aromatic rings. The maximum atomic E-state index is 12.7. The van der Waals surface area contributed by atoms with Crippen LogP contribution in [0, 0.1) is 0 Å². The zero-order chi connectivity index (χ0) is 17.9. The molecule has 1 saturated heterocycles. The second-order valence-electron chi connectivity index (χ2n) is 7.55. The smallest absolute Gasteiger partial charge is 0.223 e. The fourth-order valence-corrected chi connectivity index (χ4v) is 4.59. The Kier molecular flexibility index (Phi) is 5.25. The number of benzene rings is 1. The number of hydrogen-bond donors (Lipinski definition) is 0. The second kappa shape index (κ2) is 7.78. The second-order valence-corrected chi connectivity index (χ2v) is 7.55. The zero-order valence-electron chi connectivity index (χ0n) is 15.7. The van der Waals surface area contributed by atoms with Gasteiger partial charge in [-0.05, 0) is 31.9 Å². The van der Waals surface area contributed by atoms with Gasteiger partial charge in [0.15, 0.2) is 0 Å². The van der Waals surface area contributed by atoms with Crippen LogP contribution >= 0.6 is 0 Å². The molecule has 0 bridgehead atoms. The molecular weight excluding hydrogens is 326 g/mol. The number of rotatable bonds is 6. The average Bonchev–Trinajstić information content (AvgIpc) is 3.23. The van der Waals surface area contributed by atoms with Gasteiger partial charge in [-0.15, -0.1) is 0 Å². The van der Waals surface area contributed by atoms with Gasteiger partial charge in [-0.2, -0.15) is 0 Å². The predicted molar refractivity (Wildman–Crippen MR) is 102 cm³/mol. The molecule has 1 unspecified atom stereocenters. The van der Waals surface area contributed by atoms with Crippen LogP contribution in [0.2, 0.25) is 0 Å². The Labute approximate surface area is 155 Å². The largest absolute Gasteiger partial charge is 0.380 e. The lowest BCUT2D eigenvalue weighted by molar-refractivity contribution is -0.130. The Hall–Kier alpha value is -1.88. The summed E-state index contributed by atoms with van der Waals surface area (Å²) in [6.07, 6.45) is 6.75. The van der Waals surface area contributed by atoms with Crippen molar-refractivity contribution in [3.05, 3.63) is 30.1 Å². The summed E-state index contributed by atoms with van der Waals surface area (Å²) < 4.78 is 7.86. The molecule has 5 nitrogen and oxygen atoms in total. The molecule has 26 heavy (non-hydrogen) atoms. The molecule has 5 heteroatoms. The van der Waals surface area contributed by atoms with Crippen molar-refractivity contribution in [2.75, 3.05) is 19.8 Å². The van der Waals surface area contributed by atoms with E-state index in [1.165, 1.54) is 32.1 Å². The standard InChI is InChI=1S/C21H29N3O2/c1-2-26-13-12-23-19-11-7-6-10-18(19)22-21(23)16-14-20(25)24(15-16)17-8-4-3-5-9-17/h6-7,10-11,16-17H,2-5,8-9,12-15H2,1H3. The molecule has 0 radical (unpaired) electrons. The van der Waals surface area contributed by atoms with Gasteiger partial charge in [0.2, 0.25) is 5.91 Å². The summed E-state index contributed by atoms with van der Waals surface area (Å²) in [5.74, 6) is 1.56. The quantitative estimate of drug-likeness (QED) is 0.742. The minimum Gasteiger partial charge on any atom is -0.380 e. The van der Waals surface area contributed by atoms with E-state index in [0.29, 0.717) is 25.0 Å². The fourth-order valence-electron chi connectivity index (χ4n) is 4.59. The first kappa shape index (κ1) is 17.5. The molecular formula is C21H29N3O2. The van der Waals surface area contributed by atoms with E-state index in [2.05, 4.69) is 27.7 Å². The van der Waals surface area contributed by atoms with Crippen LogP contribution in [-0.4, -0.2) is 46.2 Å². The molecule has 1 saturated carbocycles. The number of likely N-dealkylation sites (tertiary alicyclic amines) is 1. The summed E-state index contributed by atoms with van der Waals surface area (Å²) in [6.45, 7) is 5.03. The normalized spacial score (nSPS) is 21.8. The van der Waals surface area contributed by atoms with Gasteiger partial charge < -0.3 is 14.2 Å². The van der Waals surface area contributed by atoms with E-state index in [1.54, 1.807) is 0 Å². The molecule has 4 rings (SSSR count). The Morgan fingerprint density at radius 3 is 2.81 bits per heavy atom. The fraction of sp³-hybridized carbons (Fsp3) is 0.619. The van der Waals surface area contributed by atoms with Gasteiger partial charge in [0.05, 0.1) is 17.6 Å². The Bertz CT molecular complexity index is 764. The van der Waals surface area contributed by atoms with Gasteiger partial charge in [0.25, 0.3) is 0 Å².